The number of Topliss-reactive ketones (excluding diaryl/α,β-unsaturated/α-hetero) is 1. The van der Waals surface area contributed by atoms with E-state index in [0.717, 1.165) is 11.3 Å². The Morgan fingerprint density at radius 3 is 2.22 bits per heavy atom. The largest absolute Gasteiger partial charge is 0.294 e. The Hall–Kier alpha value is -1.90. The topological polar surface area (TPSA) is 34.9 Å². The Balaban J connectivity index is 2.65. The number of hydrogen-bond donors (Lipinski definition) is 0. The van der Waals surface area contributed by atoms with Crippen LogP contribution >= 0.6 is 0 Å². The van der Waals surface area contributed by atoms with Crippen LogP contribution in [0, 0.1) is 20.8 Å². The number of aryl methyl sites for hydroxylation is 3. The molecule has 0 saturated heterocycles. The molecular weight excluding hydrogens is 224 g/mol. The molecule has 0 atom stereocenters. The van der Waals surface area contributed by atoms with Crippen LogP contribution in [-0.4, -0.2) is 15.6 Å². The molecule has 1 aromatic heterocycles. The van der Waals surface area contributed by atoms with Gasteiger partial charge in [-0.25, -0.2) is 0 Å². The quantitative estimate of drug-likeness (QED) is 0.758. The first-order valence-corrected chi connectivity index (χ1v) is 6.03. The molecule has 0 spiro atoms. The second-order valence-corrected chi connectivity index (χ2v) is 4.86. The number of hydrogen-bond acceptors (Lipinski definition) is 2. The molecule has 0 unspecified atom stereocenters. The lowest BCUT2D eigenvalue weighted by Gasteiger charge is -2.08. The number of ketones is 1. The molecule has 1 heterocycles. The Kier molecular flexibility index (Phi) is 3.07. The third kappa shape index (κ3) is 2.08. The van der Waals surface area contributed by atoms with Gasteiger partial charge in [-0.15, -0.1) is 0 Å². The first-order valence-electron chi connectivity index (χ1n) is 6.03. The molecule has 18 heavy (non-hydrogen) atoms. The number of benzene rings is 1. The monoisotopic (exact) mass is 242 g/mol. The lowest BCUT2D eigenvalue weighted by atomic mass is 9.97. The molecule has 0 saturated carbocycles. The molecule has 3 heteroatoms. The first-order chi connectivity index (χ1) is 8.40. The predicted octanol–water partition coefficient (Wildman–Crippen LogP) is 3.21. The van der Waals surface area contributed by atoms with Gasteiger partial charge in [0, 0.05) is 18.8 Å². The maximum Gasteiger partial charge on any atom is 0.163 e. The summed E-state index contributed by atoms with van der Waals surface area (Å²) in [6, 6.07) is 4.19. The summed E-state index contributed by atoms with van der Waals surface area (Å²) in [7, 11) is 1.84. The van der Waals surface area contributed by atoms with Crippen molar-refractivity contribution in [3.8, 4) is 11.3 Å². The minimum absolute atomic E-state index is 0.0500. The highest BCUT2D eigenvalue weighted by Crippen LogP contribution is 2.26. The molecule has 0 fully saturated rings. The smallest absolute Gasteiger partial charge is 0.163 e. The Bertz CT molecular complexity index is 600. The van der Waals surface area contributed by atoms with Crippen molar-refractivity contribution in [1.29, 1.82) is 0 Å². The van der Waals surface area contributed by atoms with Gasteiger partial charge in [0.15, 0.2) is 5.78 Å². The highest BCUT2D eigenvalue weighted by Gasteiger charge is 2.14. The fourth-order valence-electron chi connectivity index (χ4n) is 2.13. The average Bonchev–Trinajstić information content (AvgIpc) is 2.67. The molecule has 0 N–H and O–H groups in total. The standard InChI is InChI=1S/C15H18N2O/c1-9-6-13(7-10(2)11(9)3)15-14(12(4)18)8-17(5)16-15/h6-8H,1-5H3. The number of aromatic nitrogens is 2. The van der Waals surface area contributed by atoms with E-state index in [1.807, 2.05) is 7.05 Å². The van der Waals surface area contributed by atoms with E-state index in [1.54, 1.807) is 17.8 Å². The van der Waals surface area contributed by atoms with E-state index in [4.69, 9.17) is 0 Å². The summed E-state index contributed by atoms with van der Waals surface area (Å²) in [6.45, 7) is 7.86. The van der Waals surface area contributed by atoms with Crippen LogP contribution in [0.25, 0.3) is 11.3 Å². The lowest BCUT2D eigenvalue weighted by molar-refractivity contribution is 0.101. The van der Waals surface area contributed by atoms with E-state index >= 15 is 0 Å². The summed E-state index contributed by atoms with van der Waals surface area (Å²) >= 11 is 0. The zero-order valence-electron chi connectivity index (χ0n) is 11.5. The zero-order valence-corrected chi connectivity index (χ0v) is 11.5. The molecule has 1 aromatic carbocycles. The summed E-state index contributed by atoms with van der Waals surface area (Å²) in [4.78, 5) is 11.6. The van der Waals surface area contributed by atoms with Crippen LogP contribution < -0.4 is 0 Å². The van der Waals surface area contributed by atoms with Gasteiger partial charge < -0.3 is 0 Å². The molecular formula is C15H18N2O. The Morgan fingerprint density at radius 2 is 1.72 bits per heavy atom. The van der Waals surface area contributed by atoms with Crippen LogP contribution in [0.1, 0.15) is 34.0 Å². The number of carbonyl (C=O) groups is 1. The van der Waals surface area contributed by atoms with Gasteiger partial charge in [0.25, 0.3) is 0 Å². The van der Waals surface area contributed by atoms with Gasteiger partial charge in [-0.1, -0.05) is 0 Å². The maximum absolute atomic E-state index is 11.6. The minimum Gasteiger partial charge on any atom is -0.294 e. The lowest BCUT2D eigenvalue weighted by Crippen LogP contribution is -1.95. The first kappa shape index (κ1) is 12.6. The van der Waals surface area contributed by atoms with Crippen molar-refractivity contribution in [1.82, 2.24) is 9.78 Å². The minimum atomic E-state index is 0.0500. The average molecular weight is 242 g/mol. The van der Waals surface area contributed by atoms with Gasteiger partial charge in [-0.3, -0.25) is 9.48 Å². The van der Waals surface area contributed by atoms with E-state index in [9.17, 15) is 4.79 Å². The van der Waals surface area contributed by atoms with Crippen molar-refractivity contribution in [3.05, 3.63) is 40.6 Å². The van der Waals surface area contributed by atoms with Crippen LogP contribution in [-0.2, 0) is 7.05 Å². The van der Waals surface area contributed by atoms with Gasteiger partial charge in [0.2, 0.25) is 0 Å². The van der Waals surface area contributed by atoms with E-state index in [2.05, 4.69) is 38.0 Å². The van der Waals surface area contributed by atoms with Crippen molar-refractivity contribution >= 4 is 5.78 Å². The van der Waals surface area contributed by atoms with Crippen LogP contribution in [0.15, 0.2) is 18.3 Å². The van der Waals surface area contributed by atoms with E-state index in [0.29, 0.717) is 5.56 Å². The molecule has 0 bridgehead atoms. The Morgan fingerprint density at radius 1 is 1.17 bits per heavy atom. The van der Waals surface area contributed by atoms with Crippen LogP contribution in [0.4, 0.5) is 0 Å². The van der Waals surface area contributed by atoms with Gasteiger partial charge in [0.1, 0.15) is 5.69 Å². The summed E-state index contributed by atoms with van der Waals surface area (Å²) in [5, 5.41) is 4.41. The van der Waals surface area contributed by atoms with Crippen molar-refractivity contribution < 1.29 is 4.79 Å². The third-order valence-corrected chi connectivity index (χ3v) is 3.41. The molecule has 3 nitrogen and oxygen atoms in total. The Labute approximate surface area is 107 Å². The zero-order chi connectivity index (χ0) is 13.4. The molecule has 0 aliphatic rings. The van der Waals surface area contributed by atoms with Crippen LogP contribution in [0.5, 0.6) is 0 Å². The van der Waals surface area contributed by atoms with Crippen molar-refractivity contribution in [2.75, 3.05) is 0 Å². The van der Waals surface area contributed by atoms with Crippen LogP contribution in [0.2, 0.25) is 0 Å². The second kappa shape index (κ2) is 4.41. The summed E-state index contributed by atoms with van der Waals surface area (Å²) in [6.07, 6.45) is 1.78. The second-order valence-electron chi connectivity index (χ2n) is 4.86. The van der Waals surface area contributed by atoms with Gasteiger partial charge in [0.05, 0.1) is 5.56 Å². The molecule has 0 radical (unpaired) electrons. The SMILES string of the molecule is CC(=O)c1cn(C)nc1-c1cc(C)c(C)c(C)c1. The van der Waals surface area contributed by atoms with Crippen molar-refractivity contribution in [2.24, 2.45) is 7.05 Å². The fourth-order valence-corrected chi connectivity index (χ4v) is 2.13. The molecule has 0 aliphatic heterocycles. The number of carbonyl (C=O) groups excluding carboxylic acids is 1. The van der Waals surface area contributed by atoms with Crippen molar-refractivity contribution in [2.45, 2.75) is 27.7 Å². The van der Waals surface area contributed by atoms with Crippen LogP contribution in [0.3, 0.4) is 0 Å². The highest BCUT2D eigenvalue weighted by atomic mass is 16.1. The summed E-state index contributed by atoms with van der Waals surface area (Å²) < 4.78 is 1.69. The summed E-state index contributed by atoms with van der Waals surface area (Å²) in [5.74, 6) is 0.0500. The normalized spacial score (nSPS) is 10.7. The maximum atomic E-state index is 11.6. The number of nitrogens with zero attached hydrogens (tertiary/aromatic N) is 2. The van der Waals surface area contributed by atoms with Gasteiger partial charge >= 0.3 is 0 Å². The third-order valence-electron chi connectivity index (χ3n) is 3.41. The fraction of sp³-hybridized carbons (Fsp3) is 0.333. The predicted molar refractivity (Wildman–Crippen MR) is 72.9 cm³/mol. The van der Waals surface area contributed by atoms with E-state index < -0.39 is 0 Å². The highest BCUT2D eigenvalue weighted by molar-refractivity contribution is 5.99. The number of rotatable bonds is 2. The molecule has 0 aliphatic carbocycles. The van der Waals surface area contributed by atoms with Crippen molar-refractivity contribution in [3.63, 3.8) is 0 Å². The van der Waals surface area contributed by atoms with E-state index in [1.165, 1.54) is 16.7 Å². The molecule has 94 valence electrons. The van der Waals surface area contributed by atoms with E-state index in [-0.39, 0.29) is 5.78 Å². The summed E-state index contributed by atoms with van der Waals surface area (Å²) in [5.41, 5.74) is 6.21. The molecule has 2 rings (SSSR count). The van der Waals surface area contributed by atoms with Gasteiger partial charge in [-0.05, 0) is 56.5 Å². The molecule has 2 aromatic rings. The van der Waals surface area contributed by atoms with Gasteiger partial charge in [-0.2, -0.15) is 5.10 Å². The molecule has 0 amide bonds.